The van der Waals surface area contributed by atoms with E-state index in [9.17, 15) is 4.79 Å². The molecule has 0 bridgehead atoms. The highest BCUT2D eigenvalue weighted by Crippen LogP contribution is 2.05. The fourth-order valence-electron chi connectivity index (χ4n) is 0.920. The van der Waals surface area contributed by atoms with Crippen molar-refractivity contribution in [2.24, 2.45) is 5.92 Å². The van der Waals surface area contributed by atoms with E-state index < -0.39 is 0 Å². The van der Waals surface area contributed by atoms with Crippen molar-refractivity contribution in [3.05, 3.63) is 12.2 Å². The van der Waals surface area contributed by atoms with Gasteiger partial charge in [0, 0.05) is 5.92 Å². The maximum absolute atomic E-state index is 11.3. The molecule has 0 saturated carbocycles. The van der Waals surface area contributed by atoms with Crippen LogP contribution in [0, 0.1) is 5.92 Å². The number of hydrogen-bond acceptors (Lipinski definition) is 1. The van der Waals surface area contributed by atoms with Gasteiger partial charge in [-0.05, 0) is 20.8 Å². The third-order valence-corrected chi connectivity index (χ3v) is 1.55. The molecule has 1 N–H and O–H groups in total. The van der Waals surface area contributed by atoms with Gasteiger partial charge in [0.15, 0.2) is 0 Å². The van der Waals surface area contributed by atoms with Gasteiger partial charge in [-0.3, -0.25) is 4.79 Å². The molecule has 14 heavy (non-hydrogen) atoms. The smallest absolute Gasteiger partial charge is 0.223 e. The Morgan fingerprint density at radius 1 is 1.29 bits per heavy atom. The van der Waals surface area contributed by atoms with E-state index in [1.807, 2.05) is 60.6 Å². The molecular formula is C12H25NO. The minimum absolute atomic E-state index is 0.0505. The Morgan fingerprint density at radius 3 is 2.00 bits per heavy atom. The van der Waals surface area contributed by atoms with Crippen molar-refractivity contribution in [3.63, 3.8) is 0 Å². The van der Waals surface area contributed by atoms with E-state index >= 15 is 0 Å². The predicted octanol–water partition coefficient (Wildman–Crippen LogP) is 3.14. The summed E-state index contributed by atoms with van der Waals surface area (Å²) in [5.74, 6) is 0.146. The lowest BCUT2D eigenvalue weighted by Gasteiger charge is -2.23. The van der Waals surface area contributed by atoms with Crippen LogP contribution in [0.2, 0.25) is 0 Å². The summed E-state index contributed by atoms with van der Waals surface area (Å²) in [5, 5.41) is 2.93. The number of allylic oxidation sites excluding steroid dienone is 1. The standard InChI is InChI=1S/C10H19NO.C2H6/c1-6-7-10(4,5)11-9(12)8(2)3;1-2/h6-8H,1-5H3,(H,11,12);1-2H3/b7-6+;. The monoisotopic (exact) mass is 199 g/mol. The second-order valence-corrected chi connectivity index (χ2v) is 3.87. The summed E-state index contributed by atoms with van der Waals surface area (Å²) < 4.78 is 0. The molecule has 0 unspecified atom stereocenters. The summed E-state index contributed by atoms with van der Waals surface area (Å²) in [6.45, 7) is 13.7. The second-order valence-electron chi connectivity index (χ2n) is 3.87. The first-order valence-corrected chi connectivity index (χ1v) is 5.35. The molecule has 2 nitrogen and oxygen atoms in total. The van der Waals surface area contributed by atoms with Crippen LogP contribution in [0.3, 0.4) is 0 Å². The van der Waals surface area contributed by atoms with E-state index in [-0.39, 0.29) is 17.4 Å². The maximum Gasteiger partial charge on any atom is 0.223 e. The van der Waals surface area contributed by atoms with Crippen LogP contribution in [-0.4, -0.2) is 11.4 Å². The van der Waals surface area contributed by atoms with Crippen LogP contribution in [0.1, 0.15) is 48.5 Å². The van der Waals surface area contributed by atoms with Crippen LogP contribution in [0.25, 0.3) is 0 Å². The fourth-order valence-corrected chi connectivity index (χ4v) is 0.920. The minimum atomic E-state index is -0.226. The molecule has 0 radical (unpaired) electrons. The highest BCUT2D eigenvalue weighted by atomic mass is 16.1. The van der Waals surface area contributed by atoms with Crippen molar-refractivity contribution in [3.8, 4) is 0 Å². The molecule has 0 aromatic rings. The van der Waals surface area contributed by atoms with Crippen molar-refractivity contribution in [2.75, 3.05) is 0 Å². The number of rotatable bonds is 3. The van der Waals surface area contributed by atoms with Gasteiger partial charge in [0.1, 0.15) is 0 Å². The Labute approximate surface area is 88.8 Å². The molecule has 1 amide bonds. The molecule has 0 spiro atoms. The fraction of sp³-hybridized carbons (Fsp3) is 0.750. The molecule has 0 aliphatic rings. The summed E-state index contributed by atoms with van der Waals surface area (Å²) in [7, 11) is 0. The Morgan fingerprint density at radius 2 is 1.71 bits per heavy atom. The van der Waals surface area contributed by atoms with Gasteiger partial charge in [-0.25, -0.2) is 0 Å². The third kappa shape index (κ3) is 7.84. The van der Waals surface area contributed by atoms with Crippen molar-refractivity contribution < 1.29 is 4.79 Å². The normalized spacial score (nSPS) is 11.1. The molecule has 0 aromatic heterocycles. The number of amides is 1. The topological polar surface area (TPSA) is 29.1 Å². The Kier molecular flexibility index (Phi) is 8.51. The lowest BCUT2D eigenvalue weighted by Crippen LogP contribution is -2.43. The summed E-state index contributed by atoms with van der Waals surface area (Å²) in [6, 6.07) is 0. The lowest BCUT2D eigenvalue weighted by molar-refractivity contribution is -0.125. The second kappa shape index (κ2) is 7.60. The zero-order valence-corrected chi connectivity index (χ0v) is 10.6. The van der Waals surface area contributed by atoms with E-state index in [1.165, 1.54) is 0 Å². The van der Waals surface area contributed by atoms with Gasteiger partial charge in [0.2, 0.25) is 5.91 Å². The SMILES string of the molecule is C/C=C/C(C)(C)NC(=O)C(C)C.CC. The summed E-state index contributed by atoms with van der Waals surface area (Å²) >= 11 is 0. The van der Waals surface area contributed by atoms with Crippen LogP contribution in [0.4, 0.5) is 0 Å². The predicted molar refractivity (Wildman–Crippen MR) is 63.2 cm³/mol. The average Bonchev–Trinajstić information content (AvgIpc) is 2.06. The third-order valence-electron chi connectivity index (χ3n) is 1.55. The first-order valence-electron chi connectivity index (χ1n) is 5.35. The average molecular weight is 199 g/mol. The molecule has 0 aliphatic heterocycles. The van der Waals surface area contributed by atoms with Gasteiger partial charge in [0.25, 0.3) is 0 Å². The van der Waals surface area contributed by atoms with E-state index in [4.69, 9.17) is 0 Å². The number of carbonyl (C=O) groups excluding carboxylic acids is 1. The molecule has 0 aliphatic carbocycles. The van der Waals surface area contributed by atoms with E-state index in [1.54, 1.807) is 0 Å². The Bertz CT molecular complexity index is 181. The number of carbonyl (C=O) groups is 1. The van der Waals surface area contributed by atoms with E-state index in [0.717, 1.165) is 0 Å². The zero-order chi connectivity index (χ0) is 11.8. The van der Waals surface area contributed by atoms with E-state index in [2.05, 4.69) is 5.32 Å². The van der Waals surface area contributed by atoms with Gasteiger partial charge < -0.3 is 5.32 Å². The highest BCUT2D eigenvalue weighted by Gasteiger charge is 2.17. The number of nitrogens with one attached hydrogen (secondary N) is 1. The van der Waals surface area contributed by atoms with Crippen molar-refractivity contribution in [1.82, 2.24) is 5.32 Å². The summed E-state index contributed by atoms with van der Waals surface area (Å²) in [5.41, 5.74) is -0.226. The molecule has 0 rings (SSSR count). The first kappa shape index (κ1) is 15.7. The van der Waals surface area contributed by atoms with Crippen molar-refractivity contribution >= 4 is 5.91 Å². The number of hydrogen-bond donors (Lipinski definition) is 1. The van der Waals surface area contributed by atoms with Gasteiger partial charge >= 0.3 is 0 Å². The van der Waals surface area contributed by atoms with Crippen molar-refractivity contribution in [1.29, 1.82) is 0 Å². The van der Waals surface area contributed by atoms with Crippen LogP contribution in [-0.2, 0) is 4.79 Å². The first-order chi connectivity index (χ1) is 6.39. The van der Waals surface area contributed by atoms with Gasteiger partial charge in [0.05, 0.1) is 5.54 Å². The van der Waals surface area contributed by atoms with E-state index in [0.29, 0.717) is 0 Å². The molecular weight excluding hydrogens is 174 g/mol. The summed E-state index contributed by atoms with van der Waals surface area (Å²) in [6.07, 6.45) is 3.92. The maximum atomic E-state index is 11.3. The minimum Gasteiger partial charge on any atom is -0.348 e. The Balaban J connectivity index is 0. The molecule has 0 atom stereocenters. The van der Waals surface area contributed by atoms with Gasteiger partial charge in [-0.1, -0.05) is 39.8 Å². The molecule has 84 valence electrons. The summed E-state index contributed by atoms with van der Waals surface area (Å²) in [4.78, 5) is 11.3. The van der Waals surface area contributed by atoms with Crippen LogP contribution in [0.15, 0.2) is 12.2 Å². The van der Waals surface area contributed by atoms with Crippen LogP contribution < -0.4 is 5.32 Å². The zero-order valence-electron chi connectivity index (χ0n) is 10.6. The molecule has 0 fully saturated rings. The van der Waals surface area contributed by atoms with Gasteiger partial charge in [-0.2, -0.15) is 0 Å². The Hall–Kier alpha value is -0.790. The molecule has 2 heteroatoms. The molecule has 0 heterocycles. The lowest BCUT2D eigenvalue weighted by atomic mass is 10.0. The quantitative estimate of drug-likeness (QED) is 0.695. The molecule has 0 saturated heterocycles. The highest BCUT2D eigenvalue weighted by molar-refractivity contribution is 5.78. The van der Waals surface area contributed by atoms with Crippen molar-refractivity contribution in [2.45, 2.75) is 54.0 Å². The largest absolute Gasteiger partial charge is 0.348 e. The van der Waals surface area contributed by atoms with Gasteiger partial charge in [-0.15, -0.1) is 0 Å². The van der Waals surface area contributed by atoms with Crippen LogP contribution >= 0.6 is 0 Å². The molecule has 0 aromatic carbocycles. The van der Waals surface area contributed by atoms with Crippen LogP contribution in [0.5, 0.6) is 0 Å².